The number of hydrogen-bond acceptors (Lipinski definition) is 3. The number of carbonyl (C=O) groups is 1. The Morgan fingerprint density at radius 1 is 1.61 bits per heavy atom. The van der Waals surface area contributed by atoms with Gasteiger partial charge in [0.1, 0.15) is 0 Å². The van der Waals surface area contributed by atoms with Crippen LogP contribution < -0.4 is 0 Å². The average Bonchev–Trinajstić information content (AvgIpc) is 2.56. The maximum atomic E-state index is 11.9. The highest BCUT2D eigenvalue weighted by molar-refractivity contribution is 9.10. The first-order chi connectivity index (χ1) is 8.36. The fourth-order valence-corrected chi connectivity index (χ4v) is 3.59. The molecule has 0 radical (unpaired) electrons. The average molecular weight is 337 g/mol. The molecule has 7 heteroatoms. The van der Waals surface area contributed by atoms with Crippen LogP contribution in [0, 0.1) is 12.8 Å². The molecule has 0 fully saturated rings. The van der Waals surface area contributed by atoms with Crippen molar-refractivity contribution in [2.24, 2.45) is 5.92 Å². The van der Waals surface area contributed by atoms with E-state index >= 15 is 0 Å². The predicted octanol–water partition coefficient (Wildman–Crippen LogP) is 1.94. The van der Waals surface area contributed by atoms with Crippen molar-refractivity contribution in [2.45, 2.75) is 33.1 Å². The van der Waals surface area contributed by atoms with Crippen LogP contribution >= 0.6 is 15.9 Å². The molecular formula is C11H17BrN2O3S. The van der Waals surface area contributed by atoms with Crippen molar-refractivity contribution in [3.8, 4) is 0 Å². The highest BCUT2D eigenvalue weighted by atomic mass is 79.9. The molecule has 0 aliphatic rings. The van der Waals surface area contributed by atoms with Gasteiger partial charge >= 0.3 is 5.97 Å². The van der Waals surface area contributed by atoms with Crippen molar-refractivity contribution in [3.05, 3.63) is 15.9 Å². The SMILES string of the molecule is CCn1nc(C)c(Br)c1CS(=O)CC(C)C(=O)O. The Labute approximate surface area is 117 Å². The number of carboxylic acid groups (broad SMARTS) is 1. The zero-order valence-electron chi connectivity index (χ0n) is 10.6. The van der Waals surface area contributed by atoms with Crippen LogP contribution in [0.5, 0.6) is 0 Å². The van der Waals surface area contributed by atoms with Crippen molar-refractivity contribution in [2.75, 3.05) is 5.75 Å². The predicted molar refractivity (Wildman–Crippen MR) is 73.9 cm³/mol. The maximum Gasteiger partial charge on any atom is 0.307 e. The Hall–Kier alpha value is -0.690. The molecule has 1 aromatic rings. The summed E-state index contributed by atoms with van der Waals surface area (Å²) < 4.78 is 14.6. The lowest BCUT2D eigenvalue weighted by atomic mass is 10.2. The molecule has 0 aliphatic heterocycles. The Kier molecular flexibility index (Phi) is 5.52. The summed E-state index contributed by atoms with van der Waals surface area (Å²) in [6.45, 7) is 6.11. The topological polar surface area (TPSA) is 72.2 Å². The Morgan fingerprint density at radius 3 is 2.72 bits per heavy atom. The Morgan fingerprint density at radius 2 is 2.22 bits per heavy atom. The summed E-state index contributed by atoms with van der Waals surface area (Å²) in [6.07, 6.45) is 0. The van der Waals surface area contributed by atoms with Crippen LogP contribution in [0.2, 0.25) is 0 Å². The molecule has 0 amide bonds. The van der Waals surface area contributed by atoms with Gasteiger partial charge in [0, 0.05) is 23.1 Å². The molecule has 0 aliphatic carbocycles. The molecule has 102 valence electrons. The van der Waals surface area contributed by atoms with E-state index in [0.717, 1.165) is 15.9 Å². The van der Waals surface area contributed by atoms with Crippen molar-refractivity contribution in [1.82, 2.24) is 9.78 Å². The second kappa shape index (κ2) is 6.47. The molecular weight excluding hydrogens is 320 g/mol. The van der Waals surface area contributed by atoms with Gasteiger partial charge in [-0.05, 0) is 29.8 Å². The van der Waals surface area contributed by atoms with E-state index in [-0.39, 0.29) is 5.75 Å². The fourth-order valence-electron chi connectivity index (χ4n) is 1.57. The number of halogens is 1. The fraction of sp³-hybridized carbons (Fsp3) is 0.636. The van der Waals surface area contributed by atoms with Crippen LogP contribution in [-0.2, 0) is 27.9 Å². The van der Waals surface area contributed by atoms with E-state index in [4.69, 9.17) is 5.11 Å². The third-order valence-electron chi connectivity index (χ3n) is 2.61. The quantitative estimate of drug-likeness (QED) is 0.861. The van der Waals surface area contributed by atoms with E-state index in [1.54, 1.807) is 11.6 Å². The first kappa shape index (κ1) is 15.4. The lowest BCUT2D eigenvalue weighted by Gasteiger charge is -2.08. The minimum Gasteiger partial charge on any atom is -0.481 e. The summed E-state index contributed by atoms with van der Waals surface area (Å²) in [4.78, 5) is 10.7. The van der Waals surface area contributed by atoms with Crippen molar-refractivity contribution < 1.29 is 14.1 Å². The van der Waals surface area contributed by atoms with Gasteiger partial charge in [0.25, 0.3) is 0 Å². The van der Waals surface area contributed by atoms with Gasteiger partial charge < -0.3 is 5.11 Å². The highest BCUT2D eigenvalue weighted by Crippen LogP contribution is 2.22. The maximum absolute atomic E-state index is 11.9. The van der Waals surface area contributed by atoms with Crippen LogP contribution in [0.15, 0.2) is 4.47 Å². The number of nitrogens with zero attached hydrogens (tertiary/aromatic N) is 2. The summed E-state index contributed by atoms with van der Waals surface area (Å²) in [7, 11) is -1.20. The number of hydrogen-bond donors (Lipinski definition) is 1. The molecule has 1 rings (SSSR count). The lowest BCUT2D eigenvalue weighted by molar-refractivity contribution is -0.140. The van der Waals surface area contributed by atoms with Gasteiger partial charge in [-0.1, -0.05) is 6.92 Å². The monoisotopic (exact) mass is 336 g/mol. The molecule has 1 heterocycles. The molecule has 0 saturated heterocycles. The molecule has 1 N–H and O–H groups in total. The van der Waals surface area contributed by atoms with Gasteiger partial charge in [0.15, 0.2) is 0 Å². The van der Waals surface area contributed by atoms with Gasteiger partial charge in [-0.15, -0.1) is 0 Å². The second-order valence-corrected chi connectivity index (χ2v) is 6.45. The first-order valence-corrected chi connectivity index (χ1v) is 7.94. The van der Waals surface area contributed by atoms with Crippen LogP contribution in [0.1, 0.15) is 25.2 Å². The zero-order chi connectivity index (χ0) is 13.9. The summed E-state index contributed by atoms with van der Waals surface area (Å²) in [5.41, 5.74) is 1.72. The third kappa shape index (κ3) is 3.65. The number of carboxylic acids is 1. The van der Waals surface area contributed by atoms with E-state index in [1.165, 1.54) is 0 Å². The Balaban J connectivity index is 2.79. The third-order valence-corrected chi connectivity index (χ3v) is 5.11. The molecule has 1 aromatic heterocycles. The van der Waals surface area contributed by atoms with Gasteiger partial charge in [-0.25, -0.2) is 0 Å². The van der Waals surface area contributed by atoms with E-state index in [1.807, 2.05) is 13.8 Å². The van der Waals surface area contributed by atoms with Crippen LogP contribution in [0.25, 0.3) is 0 Å². The van der Waals surface area contributed by atoms with E-state index in [2.05, 4.69) is 21.0 Å². The summed E-state index contributed by atoms with van der Waals surface area (Å²) in [5.74, 6) is -1.02. The van der Waals surface area contributed by atoms with Gasteiger partial charge in [-0.2, -0.15) is 5.10 Å². The lowest BCUT2D eigenvalue weighted by Crippen LogP contribution is -2.19. The minimum absolute atomic E-state index is 0.162. The van der Waals surface area contributed by atoms with Gasteiger partial charge in [0.05, 0.1) is 27.5 Å². The smallest absolute Gasteiger partial charge is 0.307 e. The highest BCUT2D eigenvalue weighted by Gasteiger charge is 2.19. The van der Waals surface area contributed by atoms with E-state index in [0.29, 0.717) is 12.3 Å². The van der Waals surface area contributed by atoms with Crippen molar-refractivity contribution >= 4 is 32.7 Å². The minimum atomic E-state index is -1.20. The molecule has 2 unspecified atom stereocenters. The number of aromatic nitrogens is 2. The zero-order valence-corrected chi connectivity index (χ0v) is 13.0. The largest absolute Gasteiger partial charge is 0.481 e. The van der Waals surface area contributed by atoms with E-state index < -0.39 is 22.7 Å². The van der Waals surface area contributed by atoms with Crippen molar-refractivity contribution in [1.29, 1.82) is 0 Å². The summed E-state index contributed by atoms with van der Waals surface area (Å²) in [5, 5.41) is 13.1. The number of aliphatic carboxylic acids is 1. The van der Waals surface area contributed by atoms with Crippen LogP contribution in [-0.4, -0.2) is 30.8 Å². The molecule has 0 aromatic carbocycles. The molecule has 5 nitrogen and oxygen atoms in total. The van der Waals surface area contributed by atoms with Crippen LogP contribution in [0.3, 0.4) is 0 Å². The summed E-state index contributed by atoms with van der Waals surface area (Å²) >= 11 is 3.43. The van der Waals surface area contributed by atoms with Crippen LogP contribution in [0.4, 0.5) is 0 Å². The van der Waals surface area contributed by atoms with Crippen molar-refractivity contribution in [3.63, 3.8) is 0 Å². The first-order valence-electron chi connectivity index (χ1n) is 5.66. The Bertz CT molecular complexity index is 473. The standard InChI is InChI=1S/C11H17BrN2O3S/c1-4-14-9(10(12)8(3)13-14)6-18(17)5-7(2)11(15)16/h7H,4-6H2,1-3H3,(H,15,16). The second-order valence-electron chi connectivity index (χ2n) is 4.15. The summed E-state index contributed by atoms with van der Waals surface area (Å²) in [6, 6.07) is 0. The molecule has 18 heavy (non-hydrogen) atoms. The molecule has 0 bridgehead atoms. The molecule has 0 spiro atoms. The molecule has 0 saturated carbocycles. The number of rotatable bonds is 6. The van der Waals surface area contributed by atoms with Gasteiger partial charge in [-0.3, -0.25) is 13.7 Å². The molecule has 2 atom stereocenters. The van der Waals surface area contributed by atoms with Gasteiger partial charge in [0.2, 0.25) is 0 Å². The number of aryl methyl sites for hydroxylation is 2. The normalized spacial score (nSPS) is 14.4. The van der Waals surface area contributed by atoms with E-state index in [9.17, 15) is 9.00 Å².